The van der Waals surface area contributed by atoms with Gasteiger partial charge in [0, 0.05) is 10.6 Å². The van der Waals surface area contributed by atoms with Crippen molar-refractivity contribution in [3.05, 3.63) is 58.7 Å². The van der Waals surface area contributed by atoms with Crippen LogP contribution >= 0.6 is 7.14 Å². The highest BCUT2D eigenvalue weighted by Crippen LogP contribution is 2.41. The average molecular weight is 264 g/mol. The van der Waals surface area contributed by atoms with Crippen LogP contribution in [0.3, 0.4) is 0 Å². The molecule has 2 aromatic rings. The smallest absolute Gasteiger partial charge is 0.140 e. The van der Waals surface area contributed by atoms with Gasteiger partial charge in [0.05, 0.1) is 0 Å². The Balaban J connectivity index is 1.82. The van der Waals surface area contributed by atoms with Crippen LogP contribution in [0.25, 0.3) is 24.3 Å². The lowest BCUT2D eigenvalue weighted by molar-refractivity contribution is 0.590. The van der Waals surface area contributed by atoms with Gasteiger partial charge in [0.2, 0.25) is 0 Å². The number of fused-ring (bicyclic) bond motifs is 2. The summed E-state index contributed by atoms with van der Waals surface area (Å²) in [5, 5.41) is 1.89. The van der Waals surface area contributed by atoms with E-state index < -0.39 is 7.14 Å². The Morgan fingerprint density at radius 2 is 1.11 bits per heavy atom. The van der Waals surface area contributed by atoms with E-state index in [1.54, 1.807) is 0 Å². The van der Waals surface area contributed by atoms with Crippen LogP contribution in [0.4, 0.5) is 0 Å². The fourth-order valence-corrected chi connectivity index (χ4v) is 4.35. The predicted molar refractivity (Wildman–Crippen MR) is 83.5 cm³/mol. The first kappa shape index (κ1) is 11.0. The second kappa shape index (κ2) is 3.59. The van der Waals surface area contributed by atoms with E-state index in [2.05, 4.69) is 48.6 Å². The van der Waals surface area contributed by atoms with Crippen molar-refractivity contribution in [2.75, 3.05) is 6.66 Å². The molecule has 92 valence electrons. The molecule has 2 heteroatoms. The van der Waals surface area contributed by atoms with Crippen LogP contribution in [0.15, 0.2) is 36.4 Å². The second-order valence-corrected chi connectivity index (χ2v) is 8.10. The molecule has 0 spiro atoms. The molecule has 0 saturated carbocycles. The van der Waals surface area contributed by atoms with Crippen molar-refractivity contribution in [1.29, 1.82) is 0 Å². The Hall–Kier alpha value is -1.85. The van der Waals surface area contributed by atoms with Gasteiger partial charge in [0.1, 0.15) is 7.14 Å². The molecular formula is C17H13OP. The summed E-state index contributed by atoms with van der Waals surface area (Å²) in [5.41, 5.74) is 4.87. The molecule has 0 N–H and O–H groups in total. The van der Waals surface area contributed by atoms with E-state index in [1.807, 2.05) is 18.8 Å². The molecule has 0 saturated heterocycles. The van der Waals surface area contributed by atoms with Crippen LogP contribution in [0, 0.1) is 0 Å². The lowest BCUT2D eigenvalue weighted by Gasteiger charge is -2.20. The van der Waals surface area contributed by atoms with Gasteiger partial charge >= 0.3 is 0 Å². The van der Waals surface area contributed by atoms with E-state index in [4.69, 9.17) is 0 Å². The van der Waals surface area contributed by atoms with Crippen LogP contribution in [0.2, 0.25) is 0 Å². The molecule has 0 aliphatic heterocycles. The topological polar surface area (TPSA) is 17.1 Å². The van der Waals surface area contributed by atoms with Crippen molar-refractivity contribution in [3.8, 4) is 0 Å². The van der Waals surface area contributed by atoms with E-state index in [0.29, 0.717) is 0 Å². The van der Waals surface area contributed by atoms with Crippen LogP contribution < -0.4 is 10.6 Å². The molecule has 2 aromatic carbocycles. The standard InChI is InChI=1S/C17H13OP/c1-19(18,16-8-6-12-2-4-14(12)10-16)17-9-7-13-3-5-15(13)11-17/h2-11H,1H3. The second-order valence-electron chi connectivity index (χ2n) is 5.22. The van der Waals surface area contributed by atoms with Crippen LogP contribution in [-0.4, -0.2) is 6.66 Å². The Morgan fingerprint density at radius 3 is 1.42 bits per heavy atom. The number of hydrogen-bond donors (Lipinski definition) is 0. The summed E-state index contributed by atoms with van der Waals surface area (Å²) in [6, 6.07) is 12.2. The first-order chi connectivity index (χ1) is 9.14. The van der Waals surface area contributed by atoms with Crippen LogP contribution in [0.1, 0.15) is 22.3 Å². The Kier molecular flexibility index (Phi) is 2.08. The SMILES string of the molecule is CP(=O)(c1ccc2c(c1)C=C2)c1ccc2c(c1)C=C2. The highest BCUT2D eigenvalue weighted by atomic mass is 31.2. The van der Waals surface area contributed by atoms with Crippen molar-refractivity contribution < 1.29 is 4.57 Å². The zero-order chi connectivity index (χ0) is 13.0. The van der Waals surface area contributed by atoms with E-state index in [-0.39, 0.29) is 0 Å². The van der Waals surface area contributed by atoms with Crippen molar-refractivity contribution in [2.24, 2.45) is 0 Å². The molecular weight excluding hydrogens is 251 g/mol. The number of hydrogen-bond acceptors (Lipinski definition) is 1. The van der Waals surface area contributed by atoms with Gasteiger partial charge in [-0.2, -0.15) is 0 Å². The zero-order valence-electron chi connectivity index (χ0n) is 10.6. The van der Waals surface area contributed by atoms with Gasteiger partial charge in [-0.15, -0.1) is 0 Å². The first-order valence-corrected chi connectivity index (χ1v) is 8.53. The minimum atomic E-state index is -2.49. The Labute approximate surface area is 112 Å². The van der Waals surface area contributed by atoms with Crippen molar-refractivity contribution >= 4 is 42.1 Å². The Bertz CT molecular complexity index is 747. The molecule has 4 rings (SSSR count). The van der Waals surface area contributed by atoms with E-state index in [0.717, 1.165) is 10.6 Å². The van der Waals surface area contributed by atoms with Gasteiger partial charge in [-0.3, -0.25) is 0 Å². The Morgan fingerprint density at radius 1 is 0.684 bits per heavy atom. The first-order valence-electron chi connectivity index (χ1n) is 6.37. The van der Waals surface area contributed by atoms with Gasteiger partial charge in [0.15, 0.2) is 0 Å². The fourth-order valence-electron chi connectivity index (χ4n) is 2.56. The monoisotopic (exact) mass is 264 g/mol. The molecule has 0 unspecified atom stereocenters. The summed E-state index contributed by atoms with van der Waals surface area (Å²) < 4.78 is 13.1. The molecule has 2 aliphatic carbocycles. The summed E-state index contributed by atoms with van der Waals surface area (Å²) >= 11 is 0. The lowest BCUT2D eigenvalue weighted by atomic mass is 9.98. The largest absolute Gasteiger partial charge is 0.314 e. The van der Waals surface area contributed by atoms with Gasteiger partial charge in [0.25, 0.3) is 0 Å². The minimum absolute atomic E-state index is 0.943. The van der Waals surface area contributed by atoms with Crippen molar-refractivity contribution in [2.45, 2.75) is 0 Å². The maximum Gasteiger partial charge on any atom is 0.140 e. The van der Waals surface area contributed by atoms with Crippen molar-refractivity contribution in [1.82, 2.24) is 0 Å². The molecule has 0 radical (unpaired) electrons. The number of rotatable bonds is 2. The molecule has 0 fully saturated rings. The average Bonchev–Trinajstić information content (AvgIpc) is 2.32. The highest BCUT2D eigenvalue weighted by molar-refractivity contribution is 7.78. The third kappa shape index (κ3) is 1.52. The predicted octanol–water partition coefficient (Wildman–Crippen LogP) is 3.60. The zero-order valence-corrected chi connectivity index (χ0v) is 11.5. The van der Waals surface area contributed by atoms with Gasteiger partial charge < -0.3 is 4.57 Å². The molecule has 1 nitrogen and oxygen atoms in total. The van der Waals surface area contributed by atoms with Gasteiger partial charge in [-0.05, 0) is 41.1 Å². The molecule has 0 atom stereocenters. The molecule has 0 amide bonds. The molecule has 2 aliphatic rings. The summed E-state index contributed by atoms with van der Waals surface area (Å²) in [4.78, 5) is 0. The summed E-state index contributed by atoms with van der Waals surface area (Å²) in [6.45, 7) is 1.86. The normalized spacial score (nSPS) is 14.4. The molecule has 0 heterocycles. The maximum atomic E-state index is 13.1. The summed E-state index contributed by atoms with van der Waals surface area (Å²) in [6.07, 6.45) is 8.30. The third-order valence-corrected chi connectivity index (χ3v) is 6.54. The molecule has 0 aromatic heterocycles. The quantitative estimate of drug-likeness (QED) is 0.506. The number of benzene rings is 2. The van der Waals surface area contributed by atoms with E-state index in [9.17, 15) is 4.57 Å². The van der Waals surface area contributed by atoms with Crippen molar-refractivity contribution in [3.63, 3.8) is 0 Å². The van der Waals surface area contributed by atoms with Crippen LogP contribution in [-0.2, 0) is 4.57 Å². The molecule has 19 heavy (non-hydrogen) atoms. The molecule has 0 bridgehead atoms. The highest BCUT2D eigenvalue weighted by Gasteiger charge is 2.24. The summed E-state index contributed by atoms with van der Waals surface area (Å²) in [7, 11) is -2.49. The van der Waals surface area contributed by atoms with E-state index >= 15 is 0 Å². The maximum absolute atomic E-state index is 13.1. The van der Waals surface area contributed by atoms with Crippen LogP contribution in [0.5, 0.6) is 0 Å². The lowest BCUT2D eigenvalue weighted by Crippen LogP contribution is -2.17. The van der Waals surface area contributed by atoms with E-state index in [1.165, 1.54) is 22.3 Å². The minimum Gasteiger partial charge on any atom is -0.314 e. The van der Waals surface area contributed by atoms with Gasteiger partial charge in [-0.1, -0.05) is 48.6 Å². The summed E-state index contributed by atoms with van der Waals surface area (Å²) in [5.74, 6) is 0. The fraction of sp³-hybridized carbons (Fsp3) is 0.0588. The third-order valence-electron chi connectivity index (χ3n) is 4.01. The van der Waals surface area contributed by atoms with Gasteiger partial charge in [-0.25, -0.2) is 0 Å².